The van der Waals surface area contributed by atoms with Gasteiger partial charge in [-0.15, -0.1) is 0 Å². The summed E-state index contributed by atoms with van der Waals surface area (Å²) >= 11 is 0. The van der Waals surface area contributed by atoms with Gasteiger partial charge in [-0.25, -0.2) is 9.97 Å². The lowest BCUT2D eigenvalue weighted by atomic mass is 10.1. The van der Waals surface area contributed by atoms with E-state index in [9.17, 15) is 4.79 Å². The van der Waals surface area contributed by atoms with Gasteiger partial charge in [-0.2, -0.15) is 0 Å². The van der Waals surface area contributed by atoms with Crippen LogP contribution in [0.3, 0.4) is 0 Å². The van der Waals surface area contributed by atoms with E-state index in [0.29, 0.717) is 0 Å². The van der Waals surface area contributed by atoms with Crippen LogP contribution in [0.5, 0.6) is 5.75 Å². The van der Waals surface area contributed by atoms with E-state index in [1.807, 2.05) is 49.0 Å². The van der Waals surface area contributed by atoms with Gasteiger partial charge in [0, 0.05) is 25.6 Å². The number of hydrogen-bond acceptors (Lipinski definition) is 5. The Morgan fingerprint density at radius 2 is 1.92 bits per heavy atom. The smallest absolute Gasteiger partial charge is 0.272 e. The summed E-state index contributed by atoms with van der Waals surface area (Å²) in [7, 11) is 3.50. The fraction of sp³-hybridized carbons (Fsp3) is 0.222. The number of rotatable bonds is 5. The summed E-state index contributed by atoms with van der Waals surface area (Å²) in [4.78, 5) is 25.2. The summed E-state index contributed by atoms with van der Waals surface area (Å²) in [6, 6.07) is 7.09. The molecule has 0 aliphatic rings. The van der Waals surface area contributed by atoms with Crippen LogP contribution in [-0.2, 0) is 7.05 Å². The molecule has 7 nitrogen and oxygen atoms in total. The molecule has 2 aromatic heterocycles. The van der Waals surface area contributed by atoms with Gasteiger partial charge in [-0.3, -0.25) is 9.78 Å². The molecule has 2 heterocycles. The minimum atomic E-state index is -0.415. The molecular formula is C18H19N5O2. The first-order chi connectivity index (χ1) is 12.1. The summed E-state index contributed by atoms with van der Waals surface area (Å²) < 4.78 is 7.07. The maximum atomic E-state index is 12.6. The lowest BCUT2D eigenvalue weighted by Crippen LogP contribution is -2.31. The number of ether oxygens (including phenoxy) is 1. The van der Waals surface area contributed by atoms with Gasteiger partial charge in [0.2, 0.25) is 0 Å². The molecule has 1 amide bonds. The molecule has 1 aromatic carbocycles. The molecule has 0 aliphatic carbocycles. The van der Waals surface area contributed by atoms with Gasteiger partial charge in [-0.1, -0.05) is 12.1 Å². The molecule has 25 heavy (non-hydrogen) atoms. The Kier molecular flexibility index (Phi) is 4.74. The molecule has 0 fully saturated rings. The normalized spacial score (nSPS) is 11.8. The highest BCUT2D eigenvalue weighted by Crippen LogP contribution is 2.23. The van der Waals surface area contributed by atoms with Gasteiger partial charge < -0.3 is 14.6 Å². The molecule has 0 radical (unpaired) electrons. The van der Waals surface area contributed by atoms with Crippen molar-refractivity contribution in [3.8, 4) is 5.75 Å². The predicted octanol–water partition coefficient (Wildman–Crippen LogP) is 2.05. The maximum Gasteiger partial charge on any atom is 0.272 e. The second-order valence-electron chi connectivity index (χ2n) is 5.62. The summed E-state index contributed by atoms with van der Waals surface area (Å²) in [6.45, 7) is 1.82. The Morgan fingerprint density at radius 1 is 1.16 bits per heavy atom. The number of amides is 1. The second kappa shape index (κ2) is 7.12. The number of hydrogen-bond donors (Lipinski definition) is 1. The largest absolute Gasteiger partial charge is 0.497 e. The molecule has 3 aromatic rings. The van der Waals surface area contributed by atoms with Crippen LogP contribution < -0.4 is 10.1 Å². The van der Waals surface area contributed by atoms with Crippen molar-refractivity contribution in [3.63, 3.8) is 0 Å². The highest BCUT2D eigenvalue weighted by Gasteiger charge is 2.22. The lowest BCUT2D eigenvalue weighted by molar-refractivity contribution is 0.0935. The average Bonchev–Trinajstić information content (AvgIpc) is 3.06. The van der Waals surface area contributed by atoms with Gasteiger partial charge in [0.25, 0.3) is 5.91 Å². The van der Waals surface area contributed by atoms with Gasteiger partial charge in [0.15, 0.2) is 0 Å². The quantitative estimate of drug-likeness (QED) is 0.770. The van der Waals surface area contributed by atoms with Gasteiger partial charge in [0.05, 0.1) is 19.0 Å². The van der Waals surface area contributed by atoms with Gasteiger partial charge >= 0.3 is 0 Å². The van der Waals surface area contributed by atoms with Crippen LogP contribution in [0.1, 0.15) is 33.6 Å². The van der Waals surface area contributed by atoms with Crippen molar-refractivity contribution < 1.29 is 9.53 Å². The molecule has 0 saturated heterocycles. The van der Waals surface area contributed by atoms with Crippen LogP contribution in [0, 0.1) is 6.92 Å². The van der Waals surface area contributed by atoms with E-state index < -0.39 is 6.04 Å². The summed E-state index contributed by atoms with van der Waals surface area (Å²) in [5, 5.41) is 2.98. The Balaban J connectivity index is 1.92. The van der Waals surface area contributed by atoms with Crippen molar-refractivity contribution in [1.29, 1.82) is 0 Å². The standard InChI is InChI=1S/C18H19N5O2/c1-12-10-21-15(11-20-12)18(24)22-16(17-19-8-9-23(17)2)13-4-6-14(25-3)7-5-13/h4-11,16H,1-3H3,(H,22,24)/t16-/m1/s1. The monoisotopic (exact) mass is 337 g/mol. The molecule has 3 rings (SSSR count). The van der Waals surface area contributed by atoms with E-state index >= 15 is 0 Å². The predicted molar refractivity (Wildman–Crippen MR) is 92.3 cm³/mol. The molecule has 0 unspecified atom stereocenters. The molecule has 7 heteroatoms. The minimum Gasteiger partial charge on any atom is -0.497 e. The van der Waals surface area contributed by atoms with Crippen LogP contribution in [0.15, 0.2) is 49.1 Å². The Labute approximate surface area is 145 Å². The topological polar surface area (TPSA) is 81.9 Å². The number of carbonyl (C=O) groups is 1. The Hall–Kier alpha value is -3.22. The third-order valence-corrected chi connectivity index (χ3v) is 3.85. The number of benzene rings is 1. The number of aromatic nitrogens is 4. The van der Waals surface area contributed by atoms with Crippen LogP contribution >= 0.6 is 0 Å². The molecular weight excluding hydrogens is 318 g/mol. The van der Waals surface area contributed by atoms with Crippen molar-refractivity contribution in [2.45, 2.75) is 13.0 Å². The molecule has 128 valence electrons. The van der Waals surface area contributed by atoms with Crippen molar-refractivity contribution in [2.75, 3.05) is 7.11 Å². The highest BCUT2D eigenvalue weighted by molar-refractivity contribution is 5.92. The highest BCUT2D eigenvalue weighted by atomic mass is 16.5. The summed E-state index contributed by atoms with van der Waals surface area (Å²) in [5.41, 5.74) is 1.91. The fourth-order valence-corrected chi connectivity index (χ4v) is 2.46. The first kappa shape index (κ1) is 16.6. The number of nitrogens with one attached hydrogen (secondary N) is 1. The molecule has 0 aliphatic heterocycles. The first-order valence-electron chi connectivity index (χ1n) is 7.79. The second-order valence-corrected chi connectivity index (χ2v) is 5.62. The third-order valence-electron chi connectivity index (χ3n) is 3.85. The maximum absolute atomic E-state index is 12.6. The molecule has 1 atom stereocenters. The average molecular weight is 337 g/mol. The molecule has 0 saturated carbocycles. The zero-order valence-corrected chi connectivity index (χ0v) is 14.3. The Morgan fingerprint density at radius 3 is 2.48 bits per heavy atom. The number of methoxy groups -OCH3 is 1. The number of carbonyl (C=O) groups excluding carboxylic acids is 1. The van der Waals surface area contributed by atoms with Crippen molar-refractivity contribution in [2.24, 2.45) is 7.05 Å². The van der Waals surface area contributed by atoms with Crippen LogP contribution in [0.4, 0.5) is 0 Å². The first-order valence-corrected chi connectivity index (χ1v) is 7.79. The molecule has 0 spiro atoms. The van der Waals surface area contributed by atoms with Gasteiger partial charge in [0.1, 0.15) is 23.3 Å². The van der Waals surface area contributed by atoms with Crippen molar-refractivity contribution in [3.05, 3.63) is 71.8 Å². The van der Waals surface area contributed by atoms with Crippen LogP contribution in [0.25, 0.3) is 0 Å². The van der Waals surface area contributed by atoms with Crippen molar-refractivity contribution in [1.82, 2.24) is 24.8 Å². The Bertz CT molecular complexity index is 856. The van der Waals surface area contributed by atoms with E-state index in [1.165, 1.54) is 6.20 Å². The molecule has 1 N–H and O–H groups in total. The zero-order chi connectivity index (χ0) is 17.8. The number of imidazole rings is 1. The summed E-state index contributed by atoms with van der Waals surface area (Å²) in [5.74, 6) is 1.16. The van der Waals surface area contributed by atoms with Crippen molar-refractivity contribution >= 4 is 5.91 Å². The third kappa shape index (κ3) is 3.65. The van der Waals surface area contributed by atoms with Gasteiger partial charge in [-0.05, 0) is 24.6 Å². The van der Waals surface area contributed by atoms with Crippen LogP contribution in [-0.4, -0.2) is 32.5 Å². The van der Waals surface area contributed by atoms with E-state index in [2.05, 4.69) is 20.3 Å². The zero-order valence-electron chi connectivity index (χ0n) is 14.3. The van der Waals surface area contributed by atoms with E-state index in [-0.39, 0.29) is 11.6 Å². The number of aryl methyl sites for hydroxylation is 2. The SMILES string of the molecule is COc1ccc([C@@H](NC(=O)c2cnc(C)cn2)c2nccn2C)cc1. The van der Waals surface area contributed by atoms with E-state index in [0.717, 1.165) is 22.8 Å². The fourth-order valence-electron chi connectivity index (χ4n) is 2.46. The molecule has 0 bridgehead atoms. The summed E-state index contributed by atoms with van der Waals surface area (Å²) in [6.07, 6.45) is 6.57. The lowest BCUT2D eigenvalue weighted by Gasteiger charge is -2.19. The number of nitrogens with zero attached hydrogens (tertiary/aromatic N) is 4. The minimum absolute atomic E-state index is 0.262. The van der Waals surface area contributed by atoms with Crippen LogP contribution in [0.2, 0.25) is 0 Å². The van der Waals surface area contributed by atoms with E-state index in [4.69, 9.17) is 4.74 Å². The van der Waals surface area contributed by atoms with E-state index in [1.54, 1.807) is 19.5 Å².